The highest BCUT2D eigenvalue weighted by Gasteiger charge is 2.29. The fourth-order valence-electron chi connectivity index (χ4n) is 2.06. The Morgan fingerprint density at radius 2 is 2.00 bits per heavy atom. The number of nitrogens with zero attached hydrogens (tertiary/aromatic N) is 2. The van der Waals surface area contributed by atoms with E-state index in [9.17, 15) is 4.79 Å². The molecule has 0 aromatic carbocycles. The maximum Gasteiger partial charge on any atom is 0.303 e. The van der Waals surface area contributed by atoms with E-state index < -0.39 is 0 Å². The lowest BCUT2D eigenvalue weighted by molar-refractivity contribution is -0.135. The van der Waals surface area contributed by atoms with Crippen LogP contribution in [0.5, 0.6) is 0 Å². The topological polar surface area (TPSA) is 24.7 Å². The average Bonchev–Trinajstić information content (AvgIpc) is 2.04. The van der Waals surface area contributed by atoms with Crippen LogP contribution < -0.4 is 0 Å². The molecule has 0 bridgehead atoms. The summed E-state index contributed by atoms with van der Waals surface area (Å²) in [5.74, 6) is -0.00491. The highest BCUT2D eigenvalue weighted by atomic mass is 16.2. The molecule has 0 N–H and O–H groups in total. The highest BCUT2D eigenvalue weighted by molar-refractivity contribution is 5.80. The summed E-state index contributed by atoms with van der Waals surface area (Å²) in [6.45, 7) is 10.8. The second-order valence-corrected chi connectivity index (χ2v) is 3.75. The molecule has 0 aromatic rings. The predicted molar refractivity (Wildman–Crippen MR) is 51.1 cm³/mol. The van der Waals surface area contributed by atoms with Crippen molar-refractivity contribution in [2.24, 2.45) is 0 Å². The molecule has 0 aromatic heterocycles. The molecule has 72 valence electrons. The van der Waals surface area contributed by atoms with Crippen molar-refractivity contribution < 1.29 is 4.79 Å². The average molecular weight is 180 g/mol. The Kier molecular flexibility index (Phi) is 3.30. The molecule has 0 spiro atoms. The summed E-state index contributed by atoms with van der Waals surface area (Å²) in [6.07, 6.45) is 3.35. The number of hydrogen-bond donors (Lipinski definition) is 0. The summed E-state index contributed by atoms with van der Waals surface area (Å²) in [4.78, 5) is 16.5. The molecule has 0 saturated carbocycles. The first-order chi connectivity index (χ1) is 6.16. The Bertz CT molecular complexity index is 222. The zero-order valence-corrected chi connectivity index (χ0v) is 8.29. The van der Waals surface area contributed by atoms with E-state index in [1.54, 1.807) is 0 Å². The Labute approximate surface area is 79.5 Å². The van der Waals surface area contributed by atoms with E-state index in [0.29, 0.717) is 12.1 Å². The van der Waals surface area contributed by atoms with Crippen LogP contribution in [0.15, 0.2) is 0 Å². The van der Waals surface area contributed by atoms with Crippen molar-refractivity contribution in [1.29, 1.82) is 0 Å². The van der Waals surface area contributed by atoms with Crippen molar-refractivity contribution in [3.63, 3.8) is 0 Å². The molecule has 3 nitrogen and oxygen atoms in total. The van der Waals surface area contributed by atoms with Crippen molar-refractivity contribution in [2.45, 2.75) is 45.2 Å². The number of rotatable bonds is 1. The fourth-order valence-corrected chi connectivity index (χ4v) is 2.06. The van der Waals surface area contributed by atoms with Crippen molar-refractivity contribution in [3.8, 4) is 0 Å². The van der Waals surface area contributed by atoms with E-state index >= 15 is 0 Å². The monoisotopic (exact) mass is 180 g/mol. The summed E-state index contributed by atoms with van der Waals surface area (Å²) < 4.78 is 0. The number of likely N-dealkylation sites (tertiary alicyclic amines) is 1. The third-order valence-corrected chi connectivity index (χ3v) is 2.70. The van der Waals surface area contributed by atoms with Crippen molar-refractivity contribution in [2.75, 3.05) is 6.54 Å². The van der Waals surface area contributed by atoms with Crippen molar-refractivity contribution in [1.82, 2.24) is 4.90 Å². The molecule has 1 aliphatic heterocycles. The molecule has 13 heavy (non-hydrogen) atoms. The van der Waals surface area contributed by atoms with Crippen molar-refractivity contribution in [3.05, 3.63) is 11.4 Å². The van der Waals surface area contributed by atoms with Gasteiger partial charge in [0.05, 0.1) is 0 Å². The molecule has 3 heteroatoms. The maximum absolute atomic E-state index is 11.5. The molecule has 0 aliphatic carbocycles. The Balaban J connectivity index is 2.63. The second-order valence-electron chi connectivity index (χ2n) is 3.75. The zero-order chi connectivity index (χ0) is 9.84. The van der Waals surface area contributed by atoms with Gasteiger partial charge in [0.2, 0.25) is 0 Å². The predicted octanol–water partition coefficient (Wildman–Crippen LogP) is 1.70. The first kappa shape index (κ1) is 10.0. The molecule has 1 fully saturated rings. The number of amides is 1. The van der Waals surface area contributed by atoms with E-state index in [0.717, 1.165) is 12.8 Å². The summed E-state index contributed by atoms with van der Waals surface area (Å²) in [5.41, 5.74) is 0. The van der Waals surface area contributed by atoms with Crippen LogP contribution in [0.3, 0.4) is 0 Å². The van der Waals surface area contributed by atoms with Crippen molar-refractivity contribution >= 4 is 5.91 Å². The summed E-state index contributed by atoms with van der Waals surface area (Å²) in [6, 6.07) is 0.635. The van der Waals surface area contributed by atoms with Gasteiger partial charge in [0.1, 0.15) is 0 Å². The third kappa shape index (κ3) is 2.21. The second kappa shape index (κ2) is 4.27. The van der Waals surface area contributed by atoms with Gasteiger partial charge in [-0.25, -0.2) is 6.57 Å². The van der Waals surface area contributed by atoms with E-state index in [1.807, 2.05) is 4.90 Å². The van der Waals surface area contributed by atoms with Crippen LogP contribution in [0.2, 0.25) is 0 Å². The Morgan fingerprint density at radius 3 is 2.46 bits per heavy atom. The van der Waals surface area contributed by atoms with E-state index in [2.05, 4.69) is 18.7 Å². The molecule has 1 saturated heterocycles. The lowest BCUT2D eigenvalue weighted by Gasteiger charge is -2.37. The quantitative estimate of drug-likeness (QED) is 0.564. The van der Waals surface area contributed by atoms with E-state index in [4.69, 9.17) is 6.57 Å². The lowest BCUT2D eigenvalue weighted by atomic mass is 9.97. The van der Waals surface area contributed by atoms with E-state index in [1.165, 1.54) is 6.42 Å². The summed E-state index contributed by atoms with van der Waals surface area (Å²) in [7, 11) is 0. The molecular formula is C10H16N2O. The minimum atomic E-state index is -0.00491. The molecule has 2 unspecified atom stereocenters. The van der Waals surface area contributed by atoms with Gasteiger partial charge in [-0.15, -0.1) is 0 Å². The van der Waals surface area contributed by atoms with Gasteiger partial charge in [-0.05, 0) is 33.1 Å². The maximum atomic E-state index is 11.5. The Morgan fingerprint density at radius 1 is 1.46 bits per heavy atom. The third-order valence-electron chi connectivity index (χ3n) is 2.70. The largest absolute Gasteiger partial charge is 0.331 e. The van der Waals surface area contributed by atoms with E-state index in [-0.39, 0.29) is 12.5 Å². The standard InChI is InChI=1S/C10H16N2O/c1-8-5-4-6-9(2)12(8)10(13)7-11-3/h8-9H,4-7H2,1-2H3. The highest BCUT2D eigenvalue weighted by Crippen LogP contribution is 2.22. The number of carbonyl (C=O) groups excluding carboxylic acids is 1. The summed E-state index contributed by atoms with van der Waals surface area (Å²) >= 11 is 0. The molecule has 1 rings (SSSR count). The van der Waals surface area contributed by atoms with Crippen LogP contribution >= 0.6 is 0 Å². The van der Waals surface area contributed by atoms with Gasteiger partial charge in [-0.1, -0.05) is 0 Å². The van der Waals surface area contributed by atoms with Gasteiger partial charge in [0.15, 0.2) is 0 Å². The van der Waals surface area contributed by atoms with Gasteiger partial charge in [-0.3, -0.25) is 4.79 Å². The minimum absolute atomic E-state index is 0.00491. The normalized spacial score (nSPS) is 28.2. The summed E-state index contributed by atoms with van der Waals surface area (Å²) in [5, 5.41) is 0. The SMILES string of the molecule is [C-]#[N+]CC(=O)N1C(C)CCCC1C. The van der Waals surface area contributed by atoms with Gasteiger partial charge in [0, 0.05) is 12.1 Å². The van der Waals surface area contributed by atoms with Crippen LogP contribution in [-0.4, -0.2) is 29.4 Å². The molecule has 1 amide bonds. The molecule has 1 aliphatic rings. The molecular weight excluding hydrogens is 164 g/mol. The smallest absolute Gasteiger partial charge is 0.303 e. The van der Waals surface area contributed by atoms with Gasteiger partial charge >= 0.3 is 5.91 Å². The lowest BCUT2D eigenvalue weighted by Crippen LogP contribution is -2.48. The van der Waals surface area contributed by atoms with Gasteiger partial charge in [0.25, 0.3) is 6.54 Å². The molecule has 1 heterocycles. The van der Waals surface area contributed by atoms with Crippen LogP contribution in [0.1, 0.15) is 33.1 Å². The first-order valence-electron chi connectivity index (χ1n) is 4.81. The molecule has 2 atom stereocenters. The Hall–Kier alpha value is -1.04. The fraction of sp³-hybridized carbons (Fsp3) is 0.800. The number of piperidine rings is 1. The number of carbonyl (C=O) groups is 1. The number of hydrogen-bond acceptors (Lipinski definition) is 1. The van der Waals surface area contributed by atoms with Crippen LogP contribution in [0, 0.1) is 6.57 Å². The zero-order valence-electron chi connectivity index (χ0n) is 8.29. The van der Waals surface area contributed by atoms with Gasteiger partial charge < -0.3 is 9.74 Å². The molecule has 0 radical (unpaired) electrons. The van der Waals surface area contributed by atoms with Crippen LogP contribution in [-0.2, 0) is 4.79 Å². The van der Waals surface area contributed by atoms with Crippen LogP contribution in [0.25, 0.3) is 4.85 Å². The minimum Gasteiger partial charge on any atom is -0.331 e. The van der Waals surface area contributed by atoms with Crippen LogP contribution in [0.4, 0.5) is 0 Å². The van der Waals surface area contributed by atoms with Gasteiger partial charge in [-0.2, -0.15) is 0 Å². The first-order valence-corrected chi connectivity index (χ1v) is 4.81.